The van der Waals surface area contributed by atoms with Crippen molar-refractivity contribution in [1.29, 1.82) is 0 Å². The van der Waals surface area contributed by atoms with E-state index in [9.17, 15) is 14.4 Å². The second-order valence-electron chi connectivity index (χ2n) is 5.19. The summed E-state index contributed by atoms with van der Waals surface area (Å²) in [4.78, 5) is 37.8. The van der Waals surface area contributed by atoms with Crippen LogP contribution in [0.2, 0.25) is 0 Å². The van der Waals surface area contributed by atoms with E-state index in [4.69, 9.17) is 0 Å². The molecule has 2 aromatic rings. The van der Waals surface area contributed by atoms with Crippen LogP contribution in [0.25, 0.3) is 0 Å². The highest BCUT2D eigenvalue weighted by Gasteiger charge is 2.25. The molecule has 3 rings (SSSR count). The summed E-state index contributed by atoms with van der Waals surface area (Å²) >= 11 is 0. The average Bonchev–Trinajstić information content (AvgIpc) is 3.32. The van der Waals surface area contributed by atoms with E-state index in [-0.39, 0.29) is 23.4 Å². The summed E-state index contributed by atoms with van der Waals surface area (Å²) in [6.45, 7) is 0. The molecule has 6 heteroatoms. The van der Waals surface area contributed by atoms with Gasteiger partial charge in [-0.1, -0.05) is 12.1 Å². The van der Waals surface area contributed by atoms with Crippen LogP contribution in [0.3, 0.4) is 0 Å². The fraction of sp³-hybridized carbons (Fsp3) is 0.188. The topological polar surface area (TPSA) is 91.1 Å². The smallest absolute Gasteiger partial charge is 0.257 e. The minimum atomic E-state index is -0.386. The van der Waals surface area contributed by atoms with E-state index in [1.165, 1.54) is 18.3 Å². The molecule has 6 nitrogen and oxygen atoms in total. The van der Waals surface area contributed by atoms with Gasteiger partial charge in [-0.15, -0.1) is 0 Å². The summed E-state index contributed by atoms with van der Waals surface area (Å²) in [6.07, 6.45) is 3.33. The van der Waals surface area contributed by atoms with Gasteiger partial charge >= 0.3 is 0 Å². The lowest BCUT2D eigenvalue weighted by atomic mass is 10.1. The molecule has 1 fully saturated rings. The molecule has 1 aliphatic rings. The zero-order chi connectivity index (χ0) is 15.5. The predicted octanol–water partition coefficient (Wildman–Crippen LogP) is 1.52. The van der Waals surface area contributed by atoms with Crippen LogP contribution in [-0.4, -0.2) is 22.8 Å². The highest BCUT2D eigenvalue weighted by atomic mass is 16.2. The van der Waals surface area contributed by atoms with Crippen molar-refractivity contribution in [1.82, 2.24) is 10.3 Å². The Morgan fingerprint density at radius 1 is 1.05 bits per heavy atom. The van der Waals surface area contributed by atoms with Gasteiger partial charge < -0.3 is 15.6 Å². The second-order valence-corrected chi connectivity index (χ2v) is 5.19. The molecular formula is C16H15N3O3. The Hall–Kier alpha value is -2.89. The molecule has 2 amide bonds. The first-order valence-corrected chi connectivity index (χ1v) is 7.03. The van der Waals surface area contributed by atoms with Crippen LogP contribution in [0.1, 0.15) is 33.6 Å². The standard InChI is InChI=1S/C16H15N3O3/c20-14-8-5-10(9-17-14)15(21)19-13-4-2-1-3-12(13)16(22)18-11-6-7-11/h1-5,8-9,11H,6-7H2,(H,17,20)(H,18,22)(H,19,21). The van der Waals surface area contributed by atoms with Crippen molar-refractivity contribution in [2.45, 2.75) is 18.9 Å². The van der Waals surface area contributed by atoms with Gasteiger partial charge in [-0.3, -0.25) is 14.4 Å². The van der Waals surface area contributed by atoms with Crippen molar-refractivity contribution in [2.75, 3.05) is 5.32 Å². The third-order valence-electron chi connectivity index (χ3n) is 3.38. The zero-order valence-corrected chi connectivity index (χ0v) is 11.8. The minimum absolute atomic E-state index is 0.195. The Kier molecular flexibility index (Phi) is 3.74. The molecule has 1 aromatic carbocycles. The van der Waals surface area contributed by atoms with Crippen molar-refractivity contribution < 1.29 is 9.59 Å². The number of nitrogens with one attached hydrogen (secondary N) is 3. The maximum absolute atomic E-state index is 12.2. The predicted molar refractivity (Wildman–Crippen MR) is 81.9 cm³/mol. The number of anilines is 1. The number of pyridine rings is 1. The van der Waals surface area contributed by atoms with E-state index in [1.54, 1.807) is 24.3 Å². The van der Waals surface area contributed by atoms with Crippen LogP contribution in [0.5, 0.6) is 0 Å². The molecular weight excluding hydrogens is 282 g/mol. The van der Waals surface area contributed by atoms with Crippen LogP contribution < -0.4 is 16.2 Å². The Labute approximate surface area is 126 Å². The van der Waals surface area contributed by atoms with Crippen LogP contribution in [0, 0.1) is 0 Å². The molecule has 112 valence electrons. The van der Waals surface area contributed by atoms with Gasteiger partial charge in [-0.2, -0.15) is 0 Å². The number of benzene rings is 1. The first-order chi connectivity index (χ1) is 10.6. The Morgan fingerprint density at radius 2 is 1.82 bits per heavy atom. The molecule has 0 radical (unpaired) electrons. The van der Waals surface area contributed by atoms with Gasteiger partial charge in [0.05, 0.1) is 16.8 Å². The molecule has 0 atom stereocenters. The minimum Gasteiger partial charge on any atom is -0.349 e. The number of carbonyl (C=O) groups excluding carboxylic acids is 2. The molecule has 0 aliphatic heterocycles. The summed E-state index contributed by atoms with van der Waals surface area (Å²) in [6, 6.07) is 9.79. The van der Waals surface area contributed by atoms with Crippen molar-refractivity contribution in [3.63, 3.8) is 0 Å². The summed E-state index contributed by atoms with van der Waals surface area (Å²) in [5, 5.41) is 5.59. The van der Waals surface area contributed by atoms with E-state index in [0.717, 1.165) is 12.8 Å². The number of aromatic nitrogens is 1. The van der Waals surface area contributed by atoms with E-state index in [2.05, 4.69) is 15.6 Å². The van der Waals surface area contributed by atoms with Gasteiger partial charge in [0.15, 0.2) is 0 Å². The van der Waals surface area contributed by atoms with E-state index in [0.29, 0.717) is 16.8 Å². The summed E-state index contributed by atoms with van der Waals surface area (Å²) < 4.78 is 0. The van der Waals surface area contributed by atoms with Crippen molar-refractivity contribution >= 4 is 17.5 Å². The molecule has 1 heterocycles. The van der Waals surface area contributed by atoms with Crippen LogP contribution in [0.4, 0.5) is 5.69 Å². The van der Waals surface area contributed by atoms with E-state index < -0.39 is 0 Å². The van der Waals surface area contributed by atoms with Gasteiger partial charge in [-0.25, -0.2) is 0 Å². The normalized spacial score (nSPS) is 13.5. The first-order valence-electron chi connectivity index (χ1n) is 7.03. The number of hydrogen-bond donors (Lipinski definition) is 3. The fourth-order valence-electron chi connectivity index (χ4n) is 2.03. The van der Waals surface area contributed by atoms with E-state index in [1.807, 2.05) is 0 Å². The quantitative estimate of drug-likeness (QED) is 0.799. The lowest BCUT2D eigenvalue weighted by molar-refractivity contribution is 0.0952. The summed E-state index contributed by atoms with van der Waals surface area (Å²) in [5.74, 6) is -0.581. The maximum atomic E-state index is 12.2. The Morgan fingerprint density at radius 3 is 2.50 bits per heavy atom. The third kappa shape index (κ3) is 3.22. The third-order valence-corrected chi connectivity index (χ3v) is 3.38. The van der Waals surface area contributed by atoms with Crippen molar-refractivity contribution in [3.8, 4) is 0 Å². The molecule has 0 saturated heterocycles. The fourth-order valence-corrected chi connectivity index (χ4v) is 2.03. The second kappa shape index (κ2) is 5.85. The SMILES string of the molecule is O=C(Nc1ccccc1C(=O)NC1CC1)c1ccc(=O)[nH]c1. The van der Waals surface area contributed by atoms with Gasteiger partial charge in [0.2, 0.25) is 5.56 Å². The molecule has 1 aliphatic carbocycles. The molecule has 3 N–H and O–H groups in total. The lowest BCUT2D eigenvalue weighted by Gasteiger charge is -2.11. The monoisotopic (exact) mass is 297 g/mol. The van der Waals surface area contributed by atoms with E-state index >= 15 is 0 Å². The maximum Gasteiger partial charge on any atom is 0.257 e. The van der Waals surface area contributed by atoms with Crippen molar-refractivity contribution in [3.05, 3.63) is 64.1 Å². The van der Waals surface area contributed by atoms with Crippen LogP contribution in [-0.2, 0) is 0 Å². The number of aromatic amines is 1. The largest absolute Gasteiger partial charge is 0.349 e. The molecule has 0 unspecified atom stereocenters. The number of para-hydroxylation sites is 1. The number of rotatable bonds is 4. The molecule has 1 saturated carbocycles. The Balaban J connectivity index is 1.79. The zero-order valence-electron chi connectivity index (χ0n) is 11.8. The number of amides is 2. The highest BCUT2D eigenvalue weighted by molar-refractivity contribution is 6.08. The van der Waals surface area contributed by atoms with Crippen LogP contribution >= 0.6 is 0 Å². The molecule has 0 spiro atoms. The molecule has 0 bridgehead atoms. The molecule has 1 aromatic heterocycles. The van der Waals surface area contributed by atoms with Gasteiger partial charge in [0.25, 0.3) is 11.8 Å². The van der Waals surface area contributed by atoms with Gasteiger partial charge in [0, 0.05) is 18.3 Å². The number of hydrogen-bond acceptors (Lipinski definition) is 3. The van der Waals surface area contributed by atoms with Crippen LogP contribution in [0.15, 0.2) is 47.4 Å². The van der Waals surface area contributed by atoms with Crippen molar-refractivity contribution in [2.24, 2.45) is 0 Å². The summed E-state index contributed by atoms with van der Waals surface area (Å²) in [7, 11) is 0. The number of carbonyl (C=O) groups is 2. The molecule has 22 heavy (non-hydrogen) atoms. The van der Waals surface area contributed by atoms with Gasteiger partial charge in [-0.05, 0) is 31.0 Å². The average molecular weight is 297 g/mol. The Bertz CT molecular complexity index is 758. The first kappa shape index (κ1) is 14.1. The number of H-pyrrole nitrogens is 1. The highest BCUT2D eigenvalue weighted by Crippen LogP contribution is 2.21. The van der Waals surface area contributed by atoms with Gasteiger partial charge in [0.1, 0.15) is 0 Å². The lowest BCUT2D eigenvalue weighted by Crippen LogP contribution is -2.27. The summed E-state index contributed by atoms with van der Waals surface area (Å²) in [5.41, 5.74) is 0.904.